The first-order valence-electron chi connectivity index (χ1n) is 19.4. The highest BCUT2D eigenvalue weighted by Gasteiger charge is 2.21. The van der Waals surface area contributed by atoms with Crippen LogP contribution in [-0.4, -0.2) is 28.3 Å². The second kappa shape index (κ2) is 34.4. The Morgan fingerprint density at radius 2 is 0.390 bits per heavy atom. The Labute approximate surface area is 260 Å². The molecule has 0 aliphatic heterocycles. The zero-order chi connectivity index (χ0) is 30.0. The molecule has 0 unspecified atom stereocenters. The lowest BCUT2D eigenvalue weighted by Gasteiger charge is -2.21. The van der Waals surface area contributed by atoms with Crippen molar-refractivity contribution in [3.05, 3.63) is 0 Å². The predicted octanol–water partition coefficient (Wildman–Crippen LogP) is 13.9. The van der Waals surface area contributed by atoms with Gasteiger partial charge in [0.25, 0.3) is 0 Å². The second-order valence-electron chi connectivity index (χ2n) is 13.6. The molecule has 0 atom stereocenters. The molecule has 248 valence electrons. The monoisotopic (exact) mass is 583 g/mol. The zero-order valence-electron chi connectivity index (χ0n) is 28.8. The molecule has 0 heterocycles. The summed E-state index contributed by atoms with van der Waals surface area (Å²) in [6.07, 6.45) is 46.2. The third kappa shape index (κ3) is 36.0. The number of hydroxylamine groups is 4. The SMILES string of the molecule is CCCCCCCCCCCCCCCCCCCC[N+](O)(O)CCCCCCCCCCCCCCCCCC. The Bertz CT molecular complexity index is 467. The Hall–Kier alpha value is -0.120. The van der Waals surface area contributed by atoms with E-state index in [4.69, 9.17) is 0 Å². The first-order chi connectivity index (χ1) is 20.1. The standard InChI is InChI=1S/C38H80NO2/c1-3-5-7-9-11-13-15-17-19-21-22-24-26-28-30-32-34-36-38-39(40,41)37-35-33-31-29-27-25-23-20-18-16-14-12-10-8-6-4-2/h40-41H,3-38H2,1-2H3/q+1. The van der Waals surface area contributed by atoms with Crippen LogP contribution in [0.3, 0.4) is 0 Å². The fourth-order valence-corrected chi connectivity index (χ4v) is 6.29. The van der Waals surface area contributed by atoms with Gasteiger partial charge in [0.2, 0.25) is 0 Å². The Kier molecular flexibility index (Phi) is 34.3. The van der Waals surface area contributed by atoms with Crippen molar-refractivity contribution in [3.63, 3.8) is 0 Å². The van der Waals surface area contributed by atoms with E-state index in [2.05, 4.69) is 13.8 Å². The van der Waals surface area contributed by atoms with Crippen molar-refractivity contribution in [2.24, 2.45) is 0 Å². The van der Waals surface area contributed by atoms with Gasteiger partial charge >= 0.3 is 0 Å². The minimum absolute atomic E-state index is 0.497. The normalized spacial score (nSPS) is 12.0. The highest BCUT2D eigenvalue weighted by atomic mass is 16.8. The smallest absolute Gasteiger partial charge is 0.142 e. The third-order valence-corrected chi connectivity index (χ3v) is 9.24. The molecule has 0 saturated carbocycles. The lowest BCUT2D eigenvalue weighted by molar-refractivity contribution is -1.24. The van der Waals surface area contributed by atoms with E-state index in [-0.39, 0.29) is 0 Å². The van der Waals surface area contributed by atoms with Crippen LogP contribution in [0.2, 0.25) is 0 Å². The van der Waals surface area contributed by atoms with Gasteiger partial charge in [-0.25, -0.2) is 0 Å². The molecule has 0 aromatic rings. The molecule has 0 radical (unpaired) electrons. The van der Waals surface area contributed by atoms with E-state index in [1.165, 1.54) is 193 Å². The minimum atomic E-state index is -0.753. The molecule has 0 fully saturated rings. The van der Waals surface area contributed by atoms with Crippen LogP contribution >= 0.6 is 0 Å². The van der Waals surface area contributed by atoms with Crippen LogP contribution in [-0.2, 0) is 0 Å². The van der Waals surface area contributed by atoms with Crippen molar-refractivity contribution >= 4 is 0 Å². The summed E-state index contributed by atoms with van der Waals surface area (Å²) >= 11 is 0. The average molecular weight is 583 g/mol. The summed E-state index contributed by atoms with van der Waals surface area (Å²) in [6, 6.07) is 0. The fourth-order valence-electron chi connectivity index (χ4n) is 6.29. The van der Waals surface area contributed by atoms with Crippen molar-refractivity contribution in [1.82, 2.24) is 0 Å². The van der Waals surface area contributed by atoms with E-state index < -0.39 is 4.81 Å². The molecule has 0 aromatic carbocycles. The molecule has 0 amide bonds. The Balaban J connectivity index is 3.26. The minimum Gasteiger partial charge on any atom is -0.182 e. The summed E-state index contributed by atoms with van der Waals surface area (Å²) < 4.78 is 0. The lowest BCUT2D eigenvalue weighted by Crippen LogP contribution is -2.42. The summed E-state index contributed by atoms with van der Waals surface area (Å²) in [5.41, 5.74) is 0. The summed E-state index contributed by atoms with van der Waals surface area (Å²) in [7, 11) is 0. The Morgan fingerprint density at radius 3 is 0.561 bits per heavy atom. The lowest BCUT2D eigenvalue weighted by atomic mass is 10.0. The molecule has 0 aliphatic carbocycles. The molecule has 0 bridgehead atoms. The van der Waals surface area contributed by atoms with Crippen molar-refractivity contribution in [2.45, 2.75) is 232 Å². The number of hydrogen-bond acceptors (Lipinski definition) is 2. The first-order valence-corrected chi connectivity index (χ1v) is 19.4. The number of hydrogen-bond donors (Lipinski definition) is 2. The molecule has 3 nitrogen and oxygen atoms in total. The molecule has 0 rings (SSSR count). The number of quaternary nitrogens is 1. The van der Waals surface area contributed by atoms with E-state index in [0.29, 0.717) is 13.1 Å². The molecular weight excluding hydrogens is 502 g/mol. The van der Waals surface area contributed by atoms with Crippen molar-refractivity contribution in [1.29, 1.82) is 0 Å². The molecule has 41 heavy (non-hydrogen) atoms. The molecular formula is C38H80NO2+. The van der Waals surface area contributed by atoms with Crippen LogP contribution in [0, 0.1) is 0 Å². The summed E-state index contributed by atoms with van der Waals surface area (Å²) in [5.74, 6) is 0. The van der Waals surface area contributed by atoms with Crippen LogP contribution in [0.5, 0.6) is 0 Å². The maximum Gasteiger partial charge on any atom is 0.142 e. The number of rotatable bonds is 36. The van der Waals surface area contributed by atoms with Gasteiger partial charge < -0.3 is 0 Å². The van der Waals surface area contributed by atoms with Gasteiger partial charge in [-0.15, -0.1) is 0 Å². The van der Waals surface area contributed by atoms with Gasteiger partial charge in [0.05, 0.1) is 0 Å². The third-order valence-electron chi connectivity index (χ3n) is 9.24. The van der Waals surface area contributed by atoms with Crippen LogP contribution in [0.1, 0.15) is 232 Å². The summed E-state index contributed by atoms with van der Waals surface area (Å²) in [4.78, 5) is -0.753. The van der Waals surface area contributed by atoms with Crippen LogP contribution in [0.15, 0.2) is 0 Å². The van der Waals surface area contributed by atoms with Gasteiger partial charge in [0.15, 0.2) is 0 Å². The van der Waals surface area contributed by atoms with Gasteiger partial charge in [-0.05, 0) is 17.7 Å². The number of nitrogens with zero attached hydrogens (tertiary/aromatic N) is 1. The Morgan fingerprint density at radius 1 is 0.244 bits per heavy atom. The van der Waals surface area contributed by atoms with Crippen molar-refractivity contribution < 1.29 is 15.2 Å². The maximum atomic E-state index is 10.3. The van der Waals surface area contributed by atoms with Crippen molar-refractivity contribution in [2.75, 3.05) is 13.1 Å². The van der Waals surface area contributed by atoms with E-state index in [0.717, 1.165) is 25.7 Å². The molecule has 0 saturated heterocycles. The number of unbranched alkanes of at least 4 members (excludes halogenated alkanes) is 32. The first kappa shape index (κ1) is 40.9. The van der Waals surface area contributed by atoms with Gasteiger partial charge in [-0.2, -0.15) is 10.4 Å². The van der Waals surface area contributed by atoms with Crippen molar-refractivity contribution in [3.8, 4) is 0 Å². The molecule has 2 N–H and O–H groups in total. The van der Waals surface area contributed by atoms with Gasteiger partial charge in [-0.3, -0.25) is 0 Å². The largest absolute Gasteiger partial charge is 0.182 e. The predicted molar refractivity (Wildman–Crippen MR) is 182 cm³/mol. The summed E-state index contributed by atoms with van der Waals surface area (Å²) in [5, 5.41) is 20.5. The molecule has 0 spiro atoms. The fraction of sp³-hybridized carbons (Fsp3) is 1.00. The zero-order valence-corrected chi connectivity index (χ0v) is 28.8. The van der Waals surface area contributed by atoms with E-state index in [1.807, 2.05) is 0 Å². The summed E-state index contributed by atoms with van der Waals surface area (Å²) in [6.45, 7) is 5.58. The second-order valence-corrected chi connectivity index (χ2v) is 13.6. The topological polar surface area (TPSA) is 40.5 Å². The van der Waals surface area contributed by atoms with E-state index >= 15 is 0 Å². The molecule has 0 aromatic heterocycles. The van der Waals surface area contributed by atoms with E-state index in [1.54, 1.807) is 0 Å². The van der Waals surface area contributed by atoms with Crippen LogP contribution in [0.4, 0.5) is 0 Å². The van der Waals surface area contributed by atoms with Gasteiger partial charge in [0.1, 0.15) is 13.1 Å². The molecule has 3 heteroatoms. The maximum absolute atomic E-state index is 10.3. The van der Waals surface area contributed by atoms with Gasteiger partial charge in [0, 0.05) is 12.8 Å². The highest BCUT2D eigenvalue weighted by Crippen LogP contribution is 2.16. The van der Waals surface area contributed by atoms with E-state index in [9.17, 15) is 10.4 Å². The quantitative estimate of drug-likeness (QED) is 0.0438. The highest BCUT2D eigenvalue weighted by molar-refractivity contribution is 4.52. The molecule has 0 aliphatic rings. The van der Waals surface area contributed by atoms with Gasteiger partial charge in [-0.1, -0.05) is 206 Å². The van der Waals surface area contributed by atoms with Crippen LogP contribution < -0.4 is 0 Å². The average Bonchev–Trinajstić information content (AvgIpc) is 2.96. The van der Waals surface area contributed by atoms with Crippen LogP contribution in [0.25, 0.3) is 0 Å².